The van der Waals surface area contributed by atoms with Crippen LogP contribution in [0.15, 0.2) is 34.3 Å². The summed E-state index contributed by atoms with van der Waals surface area (Å²) in [5, 5.41) is 3.78. The van der Waals surface area contributed by atoms with E-state index in [0.717, 1.165) is 10.2 Å². The van der Waals surface area contributed by atoms with Crippen LogP contribution in [0.2, 0.25) is 0 Å². The third-order valence-electron chi connectivity index (χ3n) is 2.46. The van der Waals surface area contributed by atoms with Crippen LogP contribution in [0, 0.1) is 0 Å². The molecule has 1 heterocycles. The summed E-state index contributed by atoms with van der Waals surface area (Å²) in [5.41, 5.74) is 0.901. The van der Waals surface area contributed by atoms with E-state index in [1.807, 2.05) is 0 Å². The largest absolute Gasteiger partial charge is 0.386 e. The maximum absolute atomic E-state index is 11.5. The van der Waals surface area contributed by atoms with Crippen LogP contribution in [-0.4, -0.2) is 20.1 Å². The predicted molar refractivity (Wildman–Crippen MR) is 67.5 cm³/mol. The summed E-state index contributed by atoms with van der Waals surface area (Å²) < 4.78 is 26.0. The number of nitrogens with zero attached hydrogens (tertiary/aromatic N) is 1. The van der Waals surface area contributed by atoms with Gasteiger partial charge < -0.3 is 4.84 Å². The summed E-state index contributed by atoms with van der Waals surface area (Å²) in [6, 6.07) is 6.57. The molecule has 0 bridgehead atoms. The summed E-state index contributed by atoms with van der Waals surface area (Å²) in [7, 11) is -1.99. The Bertz CT molecular complexity index is 539. The van der Waals surface area contributed by atoms with Crippen LogP contribution in [0.5, 0.6) is 0 Å². The van der Waals surface area contributed by atoms with Crippen LogP contribution >= 0.6 is 15.9 Å². The van der Waals surface area contributed by atoms with E-state index >= 15 is 0 Å². The molecule has 0 aliphatic carbocycles. The first-order valence-corrected chi connectivity index (χ1v) is 7.22. The number of oxime groups is 1. The molecule has 1 aliphatic heterocycles. The SMILES string of the molecule is CNS(=O)(=O)c1ccc([C@@H]2CC(Br)=NO2)cc1. The number of nitrogens with one attached hydrogen (secondary N) is 1. The minimum Gasteiger partial charge on any atom is -0.386 e. The second-order valence-corrected chi connectivity index (χ2v) is 6.34. The second-order valence-electron chi connectivity index (χ2n) is 3.54. The van der Waals surface area contributed by atoms with Gasteiger partial charge in [0.25, 0.3) is 0 Å². The quantitative estimate of drug-likeness (QED) is 0.923. The lowest BCUT2D eigenvalue weighted by atomic mass is 10.1. The first-order chi connectivity index (χ1) is 8.03. The zero-order valence-corrected chi connectivity index (χ0v) is 11.5. The van der Waals surface area contributed by atoms with Gasteiger partial charge in [0.1, 0.15) is 4.62 Å². The number of sulfonamides is 1. The zero-order valence-electron chi connectivity index (χ0n) is 9.05. The smallest absolute Gasteiger partial charge is 0.240 e. The molecule has 0 aromatic heterocycles. The van der Waals surface area contributed by atoms with E-state index in [-0.39, 0.29) is 11.0 Å². The second kappa shape index (κ2) is 4.75. The molecule has 1 N–H and O–H groups in total. The number of hydrogen-bond acceptors (Lipinski definition) is 4. The summed E-state index contributed by atoms with van der Waals surface area (Å²) in [6.07, 6.45) is 0.522. The van der Waals surface area contributed by atoms with E-state index in [1.165, 1.54) is 7.05 Å². The van der Waals surface area contributed by atoms with E-state index in [9.17, 15) is 8.42 Å². The normalized spacial score (nSPS) is 19.9. The molecule has 0 spiro atoms. The fourth-order valence-electron chi connectivity index (χ4n) is 1.51. The van der Waals surface area contributed by atoms with Crippen molar-refractivity contribution in [2.75, 3.05) is 7.05 Å². The maximum Gasteiger partial charge on any atom is 0.240 e. The van der Waals surface area contributed by atoms with E-state index in [1.54, 1.807) is 24.3 Å². The van der Waals surface area contributed by atoms with E-state index in [0.29, 0.717) is 6.42 Å². The van der Waals surface area contributed by atoms with Crippen LogP contribution in [-0.2, 0) is 14.9 Å². The molecule has 1 atom stereocenters. The van der Waals surface area contributed by atoms with Crippen molar-refractivity contribution in [1.29, 1.82) is 0 Å². The Morgan fingerprint density at radius 3 is 2.53 bits per heavy atom. The number of halogens is 1. The van der Waals surface area contributed by atoms with Gasteiger partial charge in [-0.3, -0.25) is 0 Å². The minimum atomic E-state index is -3.38. The average Bonchev–Trinajstić information content (AvgIpc) is 2.76. The zero-order chi connectivity index (χ0) is 12.5. The molecular weight excluding hydrogens is 308 g/mol. The van der Waals surface area contributed by atoms with Crippen molar-refractivity contribution in [3.63, 3.8) is 0 Å². The van der Waals surface area contributed by atoms with Crippen molar-refractivity contribution in [2.24, 2.45) is 5.16 Å². The lowest BCUT2D eigenvalue weighted by Gasteiger charge is -2.09. The Hall–Kier alpha value is -0.920. The molecular formula is C10H11BrN2O3S. The standard InChI is InChI=1S/C10H11BrN2O3S/c1-12-17(14,15)8-4-2-7(3-5-8)9-6-10(11)13-16-9/h2-5,9,12H,6H2,1H3/t9-/m0/s1. The van der Waals surface area contributed by atoms with Gasteiger partial charge in [0.05, 0.1) is 4.90 Å². The van der Waals surface area contributed by atoms with Gasteiger partial charge in [-0.05, 0) is 40.7 Å². The first kappa shape index (κ1) is 12.5. The predicted octanol–water partition coefficient (Wildman–Crippen LogP) is 1.76. The highest BCUT2D eigenvalue weighted by Crippen LogP contribution is 2.29. The van der Waals surface area contributed by atoms with Gasteiger partial charge in [-0.25, -0.2) is 13.1 Å². The lowest BCUT2D eigenvalue weighted by Crippen LogP contribution is -2.18. The number of benzene rings is 1. The topological polar surface area (TPSA) is 67.8 Å². The number of rotatable bonds is 3. The molecule has 17 heavy (non-hydrogen) atoms. The molecule has 0 radical (unpaired) electrons. The van der Waals surface area contributed by atoms with Crippen LogP contribution in [0.3, 0.4) is 0 Å². The summed E-state index contributed by atoms with van der Waals surface area (Å²) in [6.45, 7) is 0. The van der Waals surface area contributed by atoms with Gasteiger partial charge in [0.2, 0.25) is 10.0 Å². The third-order valence-corrected chi connectivity index (χ3v) is 4.36. The van der Waals surface area contributed by atoms with Crippen molar-refractivity contribution >= 4 is 30.6 Å². The molecule has 7 heteroatoms. The highest BCUT2D eigenvalue weighted by atomic mass is 79.9. The van der Waals surface area contributed by atoms with E-state index < -0.39 is 10.0 Å². The van der Waals surface area contributed by atoms with Gasteiger partial charge in [0.15, 0.2) is 6.10 Å². The Morgan fingerprint density at radius 1 is 1.41 bits per heavy atom. The van der Waals surface area contributed by atoms with Crippen molar-refractivity contribution < 1.29 is 13.3 Å². The Kier molecular flexibility index (Phi) is 3.50. The van der Waals surface area contributed by atoms with Gasteiger partial charge >= 0.3 is 0 Å². The van der Waals surface area contributed by atoms with Crippen LogP contribution < -0.4 is 4.72 Å². The molecule has 2 rings (SSSR count). The van der Waals surface area contributed by atoms with Crippen LogP contribution in [0.4, 0.5) is 0 Å². The monoisotopic (exact) mass is 318 g/mol. The third kappa shape index (κ3) is 2.67. The molecule has 0 amide bonds. The van der Waals surface area contributed by atoms with E-state index in [4.69, 9.17) is 4.84 Å². The molecule has 0 saturated carbocycles. The highest BCUT2D eigenvalue weighted by Gasteiger charge is 2.21. The molecule has 92 valence electrons. The Labute approximate surface area is 108 Å². The van der Waals surface area contributed by atoms with Crippen LogP contribution in [0.1, 0.15) is 18.1 Å². The van der Waals surface area contributed by atoms with Crippen molar-refractivity contribution in [1.82, 2.24) is 4.72 Å². The fraction of sp³-hybridized carbons (Fsp3) is 0.300. The highest BCUT2D eigenvalue weighted by molar-refractivity contribution is 9.18. The Morgan fingerprint density at radius 2 is 2.06 bits per heavy atom. The Balaban J connectivity index is 2.20. The number of hydrogen-bond donors (Lipinski definition) is 1. The average molecular weight is 319 g/mol. The van der Waals surface area contributed by atoms with Crippen molar-refractivity contribution in [2.45, 2.75) is 17.4 Å². The first-order valence-electron chi connectivity index (χ1n) is 4.94. The minimum absolute atomic E-state index is 0.143. The molecule has 1 aromatic rings. The van der Waals surface area contributed by atoms with Gasteiger partial charge in [-0.2, -0.15) is 0 Å². The fourth-order valence-corrected chi connectivity index (χ4v) is 2.61. The summed E-state index contributed by atoms with van der Waals surface area (Å²) in [4.78, 5) is 5.42. The maximum atomic E-state index is 11.5. The molecule has 0 fully saturated rings. The molecule has 5 nitrogen and oxygen atoms in total. The van der Waals surface area contributed by atoms with Crippen molar-refractivity contribution in [3.05, 3.63) is 29.8 Å². The van der Waals surface area contributed by atoms with E-state index in [2.05, 4.69) is 25.8 Å². The van der Waals surface area contributed by atoms with Gasteiger partial charge in [0, 0.05) is 6.42 Å². The molecule has 0 saturated heterocycles. The summed E-state index contributed by atoms with van der Waals surface area (Å²) in [5.74, 6) is 0. The molecule has 0 unspecified atom stereocenters. The van der Waals surface area contributed by atoms with Gasteiger partial charge in [-0.1, -0.05) is 17.3 Å². The lowest BCUT2D eigenvalue weighted by molar-refractivity contribution is 0.0857. The molecule has 1 aromatic carbocycles. The van der Waals surface area contributed by atoms with Crippen molar-refractivity contribution in [3.8, 4) is 0 Å². The summed E-state index contributed by atoms with van der Waals surface area (Å²) >= 11 is 3.25. The van der Waals surface area contributed by atoms with Crippen LogP contribution in [0.25, 0.3) is 0 Å². The van der Waals surface area contributed by atoms with Gasteiger partial charge in [-0.15, -0.1) is 0 Å². The molecule has 1 aliphatic rings.